The molecule has 0 atom stereocenters. The Morgan fingerprint density at radius 1 is 0.966 bits per heavy atom. The second kappa shape index (κ2) is 7.97. The molecule has 0 N–H and O–H groups in total. The van der Waals surface area contributed by atoms with E-state index in [1.165, 1.54) is 18.2 Å². The zero-order valence-electron chi connectivity index (χ0n) is 16.3. The third-order valence-corrected chi connectivity index (χ3v) is 4.65. The summed E-state index contributed by atoms with van der Waals surface area (Å²) in [6.07, 6.45) is 5.63. The number of aromatic nitrogens is 4. The van der Waals surface area contributed by atoms with Crippen molar-refractivity contribution in [3.05, 3.63) is 89.9 Å². The van der Waals surface area contributed by atoms with Crippen molar-refractivity contribution in [1.29, 1.82) is 0 Å². The summed E-state index contributed by atoms with van der Waals surface area (Å²) in [5.74, 6) is -0.557. The number of benzene rings is 2. The van der Waals surface area contributed by atoms with Gasteiger partial charge in [-0.3, -0.25) is 9.58 Å². The molecular formula is C22H21F2N5. The van der Waals surface area contributed by atoms with Gasteiger partial charge in [-0.25, -0.2) is 13.5 Å². The average Bonchev–Trinajstić information content (AvgIpc) is 3.29. The van der Waals surface area contributed by atoms with E-state index >= 15 is 0 Å². The van der Waals surface area contributed by atoms with Crippen LogP contribution in [0.3, 0.4) is 0 Å². The van der Waals surface area contributed by atoms with Crippen LogP contribution < -0.4 is 0 Å². The van der Waals surface area contributed by atoms with Gasteiger partial charge in [0.2, 0.25) is 0 Å². The smallest absolute Gasteiger partial charge is 0.132 e. The van der Waals surface area contributed by atoms with Crippen LogP contribution in [0.2, 0.25) is 0 Å². The number of aryl methyl sites for hydroxylation is 1. The van der Waals surface area contributed by atoms with Gasteiger partial charge < -0.3 is 0 Å². The highest BCUT2D eigenvalue weighted by molar-refractivity contribution is 5.63. The summed E-state index contributed by atoms with van der Waals surface area (Å²) in [5.41, 5.74) is 3.92. The molecule has 7 heteroatoms. The molecule has 4 rings (SSSR count). The second-order valence-corrected chi connectivity index (χ2v) is 7.10. The first-order valence-electron chi connectivity index (χ1n) is 9.25. The van der Waals surface area contributed by atoms with Gasteiger partial charge in [0, 0.05) is 49.2 Å². The average molecular weight is 393 g/mol. The van der Waals surface area contributed by atoms with Crippen LogP contribution in [0, 0.1) is 11.6 Å². The lowest BCUT2D eigenvalue weighted by Crippen LogP contribution is -2.17. The van der Waals surface area contributed by atoms with Crippen LogP contribution in [0.1, 0.15) is 11.1 Å². The van der Waals surface area contributed by atoms with Crippen molar-refractivity contribution in [3.63, 3.8) is 0 Å². The Labute approximate surface area is 167 Å². The van der Waals surface area contributed by atoms with Crippen LogP contribution in [0.4, 0.5) is 8.78 Å². The molecule has 0 amide bonds. The van der Waals surface area contributed by atoms with Crippen molar-refractivity contribution >= 4 is 0 Å². The summed E-state index contributed by atoms with van der Waals surface area (Å²) >= 11 is 0. The SMILES string of the molecule is CN(Cc1cnn(-c2ccc(F)cc2)c1)Cc1cn(C)nc1-c1ccccc1F. The topological polar surface area (TPSA) is 38.9 Å². The van der Waals surface area contributed by atoms with E-state index in [4.69, 9.17) is 0 Å². The van der Waals surface area contributed by atoms with Crippen molar-refractivity contribution in [3.8, 4) is 16.9 Å². The summed E-state index contributed by atoms with van der Waals surface area (Å²) in [7, 11) is 3.83. The van der Waals surface area contributed by atoms with Crippen LogP contribution in [-0.2, 0) is 20.1 Å². The van der Waals surface area contributed by atoms with E-state index in [2.05, 4.69) is 15.1 Å². The van der Waals surface area contributed by atoms with Crippen molar-refractivity contribution in [1.82, 2.24) is 24.5 Å². The van der Waals surface area contributed by atoms with E-state index in [9.17, 15) is 8.78 Å². The number of rotatable bonds is 6. The van der Waals surface area contributed by atoms with Gasteiger partial charge in [0.1, 0.15) is 11.6 Å². The zero-order chi connectivity index (χ0) is 20.4. The minimum atomic E-state index is -0.282. The van der Waals surface area contributed by atoms with Gasteiger partial charge in [-0.2, -0.15) is 10.2 Å². The fraction of sp³-hybridized carbons (Fsp3) is 0.182. The lowest BCUT2D eigenvalue weighted by atomic mass is 10.1. The Morgan fingerprint density at radius 2 is 1.72 bits per heavy atom. The lowest BCUT2D eigenvalue weighted by Gasteiger charge is -2.15. The molecule has 4 aromatic rings. The molecule has 0 unspecified atom stereocenters. The summed E-state index contributed by atoms with van der Waals surface area (Å²) < 4.78 is 30.8. The van der Waals surface area contributed by atoms with Gasteiger partial charge >= 0.3 is 0 Å². The Balaban J connectivity index is 1.49. The molecule has 0 aliphatic heterocycles. The predicted molar refractivity (Wildman–Crippen MR) is 107 cm³/mol. The number of nitrogens with zero attached hydrogens (tertiary/aromatic N) is 5. The molecule has 148 valence electrons. The monoisotopic (exact) mass is 393 g/mol. The Morgan fingerprint density at radius 3 is 2.48 bits per heavy atom. The summed E-state index contributed by atoms with van der Waals surface area (Å²) in [6.45, 7) is 1.27. The zero-order valence-corrected chi connectivity index (χ0v) is 16.3. The third-order valence-electron chi connectivity index (χ3n) is 4.65. The van der Waals surface area contributed by atoms with E-state index < -0.39 is 0 Å². The Hall–Kier alpha value is -3.32. The van der Waals surface area contributed by atoms with Crippen molar-refractivity contribution in [2.24, 2.45) is 7.05 Å². The summed E-state index contributed by atoms with van der Waals surface area (Å²) in [5, 5.41) is 8.81. The molecule has 0 aliphatic carbocycles. The van der Waals surface area contributed by atoms with Gasteiger partial charge in [0.05, 0.1) is 17.6 Å². The first-order valence-corrected chi connectivity index (χ1v) is 9.25. The molecule has 0 fully saturated rings. The van der Waals surface area contributed by atoms with Gasteiger partial charge in [-0.1, -0.05) is 12.1 Å². The lowest BCUT2D eigenvalue weighted by molar-refractivity contribution is 0.319. The standard InChI is InChI=1S/C22H21F2N5/c1-27(12-16-11-25-29(13-16)19-9-7-18(23)8-10-19)14-17-15-28(2)26-22(17)20-5-3-4-6-21(20)24/h3-11,13,15H,12,14H2,1-2H3. The maximum Gasteiger partial charge on any atom is 0.132 e. The fourth-order valence-electron chi connectivity index (χ4n) is 3.37. The van der Waals surface area contributed by atoms with Crippen LogP contribution in [0.15, 0.2) is 67.1 Å². The minimum Gasteiger partial charge on any atom is -0.298 e. The number of halogens is 2. The molecular weight excluding hydrogens is 372 g/mol. The fourth-order valence-corrected chi connectivity index (χ4v) is 3.37. The van der Waals surface area contributed by atoms with Crippen LogP contribution >= 0.6 is 0 Å². The normalized spacial score (nSPS) is 11.3. The van der Waals surface area contributed by atoms with Crippen molar-refractivity contribution in [2.75, 3.05) is 7.05 Å². The van der Waals surface area contributed by atoms with E-state index in [0.29, 0.717) is 24.3 Å². The molecule has 5 nitrogen and oxygen atoms in total. The molecule has 0 radical (unpaired) electrons. The third kappa shape index (κ3) is 4.25. The Bertz CT molecular complexity index is 1110. The first kappa shape index (κ1) is 19.0. The Kier molecular flexibility index (Phi) is 5.22. The summed E-state index contributed by atoms with van der Waals surface area (Å²) in [6, 6.07) is 12.9. The van der Waals surface area contributed by atoms with Gasteiger partial charge in [0.25, 0.3) is 0 Å². The van der Waals surface area contributed by atoms with Gasteiger partial charge in [-0.05, 0) is 43.4 Å². The quantitative estimate of drug-likeness (QED) is 0.493. The van der Waals surface area contributed by atoms with Crippen molar-refractivity contribution in [2.45, 2.75) is 13.1 Å². The van der Waals surface area contributed by atoms with E-state index in [-0.39, 0.29) is 11.6 Å². The molecule has 2 aromatic heterocycles. The second-order valence-electron chi connectivity index (χ2n) is 7.10. The molecule has 2 heterocycles. The molecule has 0 spiro atoms. The van der Waals surface area contributed by atoms with Crippen molar-refractivity contribution < 1.29 is 8.78 Å². The molecule has 29 heavy (non-hydrogen) atoms. The largest absolute Gasteiger partial charge is 0.298 e. The maximum absolute atomic E-state index is 14.2. The first-order chi connectivity index (χ1) is 14.0. The molecule has 0 bridgehead atoms. The predicted octanol–water partition coefficient (Wildman–Crippen LogP) is 4.18. The number of hydrogen-bond acceptors (Lipinski definition) is 3. The van der Waals surface area contributed by atoms with E-state index in [1.54, 1.807) is 39.8 Å². The van der Waals surface area contributed by atoms with Gasteiger partial charge in [-0.15, -0.1) is 0 Å². The van der Waals surface area contributed by atoms with E-state index in [1.807, 2.05) is 32.6 Å². The van der Waals surface area contributed by atoms with Crippen LogP contribution in [0.25, 0.3) is 16.9 Å². The van der Waals surface area contributed by atoms with Crippen LogP contribution in [0.5, 0.6) is 0 Å². The number of hydrogen-bond donors (Lipinski definition) is 0. The maximum atomic E-state index is 14.2. The highest BCUT2D eigenvalue weighted by Crippen LogP contribution is 2.25. The van der Waals surface area contributed by atoms with Crippen LogP contribution in [-0.4, -0.2) is 31.5 Å². The molecule has 0 aliphatic rings. The highest BCUT2D eigenvalue weighted by atomic mass is 19.1. The van der Waals surface area contributed by atoms with E-state index in [0.717, 1.165) is 16.8 Å². The molecule has 0 saturated carbocycles. The summed E-state index contributed by atoms with van der Waals surface area (Å²) in [4.78, 5) is 2.12. The van der Waals surface area contributed by atoms with Gasteiger partial charge in [0.15, 0.2) is 0 Å². The molecule has 2 aromatic carbocycles. The molecule has 0 saturated heterocycles. The minimum absolute atomic E-state index is 0.275. The highest BCUT2D eigenvalue weighted by Gasteiger charge is 2.15.